The predicted molar refractivity (Wildman–Crippen MR) is 104 cm³/mol. The van der Waals surface area contributed by atoms with E-state index in [1.807, 2.05) is 0 Å². The van der Waals surface area contributed by atoms with Crippen LogP contribution in [0.2, 0.25) is 15.6 Å². The number of hydrogen-bond acceptors (Lipinski definition) is 4. The molecule has 0 radical (unpaired) electrons. The molecule has 136 valence electrons. The molecule has 2 rings (SSSR count). The van der Waals surface area contributed by atoms with Crippen molar-refractivity contribution in [3.8, 4) is 0 Å². The van der Waals surface area contributed by atoms with Gasteiger partial charge in [-0.2, -0.15) is 0 Å². The Hall–Kier alpha value is -1.41. The van der Waals surface area contributed by atoms with Gasteiger partial charge in [-0.15, -0.1) is 0 Å². The van der Waals surface area contributed by atoms with Crippen molar-refractivity contribution in [2.24, 2.45) is 0 Å². The van der Waals surface area contributed by atoms with Gasteiger partial charge >= 0.3 is 156 Å². The zero-order valence-corrected chi connectivity index (χ0v) is 17.3. The topological polar surface area (TPSA) is 59.1 Å². The summed E-state index contributed by atoms with van der Waals surface area (Å²) in [5.74, 6) is -0.301. The van der Waals surface area contributed by atoms with E-state index in [-0.39, 0.29) is 17.3 Å². The summed E-state index contributed by atoms with van der Waals surface area (Å²) in [5, 5.41) is 7.42. The minimum atomic E-state index is -0.718. The van der Waals surface area contributed by atoms with E-state index in [1.165, 1.54) is 47.4 Å². The van der Waals surface area contributed by atoms with E-state index in [1.54, 1.807) is 18.3 Å². The summed E-state index contributed by atoms with van der Waals surface area (Å²) in [4.78, 5) is 28.6. The first kappa shape index (κ1) is 19.9. The van der Waals surface area contributed by atoms with E-state index < -0.39 is 14.7 Å². The summed E-state index contributed by atoms with van der Waals surface area (Å²) < 4.78 is 0. The minimum absolute atomic E-state index is 0.117. The van der Waals surface area contributed by atoms with E-state index in [0.717, 1.165) is 13.0 Å². The van der Waals surface area contributed by atoms with Crippen LogP contribution in [0.1, 0.15) is 66.8 Å². The quantitative estimate of drug-likeness (QED) is 0.438. The number of carbonyl (C=O) groups is 2. The number of rotatable bonds is 11. The van der Waals surface area contributed by atoms with Gasteiger partial charge in [-0.3, -0.25) is 0 Å². The van der Waals surface area contributed by atoms with Crippen LogP contribution in [0.4, 0.5) is 0 Å². The van der Waals surface area contributed by atoms with Gasteiger partial charge in [-0.1, -0.05) is 0 Å². The molecule has 25 heavy (non-hydrogen) atoms. The van der Waals surface area contributed by atoms with Crippen LogP contribution in [0.3, 0.4) is 0 Å². The van der Waals surface area contributed by atoms with Crippen LogP contribution in [0, 0.1) is 0 Å². The Morgan fingerprint density at radius 3 is 2.40 bits per heavy atom. The predicted octanol–water partition coefficient (Wildman–Crippen LogP) is 4.42. The molecule has 0 amide bonds. The van der Waals surface area contributed by atoms with Crippen molar-refractivity contribution in [3.63, 3.8) is 0 Å². The molecule has 0 fully saturated rings. The van der Waals surface area contributed by atoms with Crippen LogP contribution in [0.5, 0.6) is 0 Å². The van der Waals surface area contributed by atoms with Crippen LogP contribution in [-0.4, -0.2) is 37.7 Å². The van der Waals surface area contributed by atoms with Gasteiger partial charge in [0.25, 0.3) is 0 Å². The van der Waals surface area contributed by atoms with Gasteiger partial charge in [-0.05, 0) is 0 Å². The van der Waals surface area contributed by atoms with Gasteiger partial charge in [0.2, 0.25) is 0 Å². The molecule has 1 aromatic heterocycles. The summed E-state index contributed by atoms with van der Waals surface area (Å²) in [6.07, 6.45) is 9.33. The van der Waals surface area contributed by atoms with Crippen molar-refractivity contribution < 1.29 is 9.59 Å². The Bertz CT molecular complexity index is 620. The molecule has 5 heteroatoms. The van der Waals surface area contributed by atoms with Crippen molar-refractivity contribution in [1.82, 2.24) is 10.3 Å². The molecule has 0 unspecified atom stereocenters. The Morgan fingerprint density at radius 2 is 1.72 bits per heavy atom. The Kier molecular flexibility index (Phi) is 8.40. The maximum atomic E-state index is 12.5. The summed E-state index contributed by atoms with van der Waals surface area (Å²) in [5.41, 5.74) is 1.10. The van der Waals surface area contributed by atoms with Crippen LogP contribution in [-0.2, 0) is 0 Å². The van der Waals surface area contributed by atoms with Crippen LogP contribution in [0.25, 0.3) is 0 Å². The molecule has 1 heterocycles. The van der Waals surface area contributed by atoms with Crippen molar-refractivity contribution in [2.45, 2.75) is 61.6 Å². The number of pyridine rings is 1. The standard InChI is InChI=1S/C20H29AsN2O2/c1-3-5-10-21(11-6-4-2)12-8-14-22-17-15-18(24)19-16(20(17)25)9-7-13-23-19/h7,9,13,15,22H,3-6,8,10-12,14H2,1-2H3. The molecule has 1 aliphatic carbocycles. The molecule has 0 aromatic carbocycles. The van der Waals surface area contributed by atoms with Crippen molar-refractivity contribution >= 4 is 26.2 Å². The molecule has 1 aromatic rings. The number of unbranched alkanes of at least 4 members (excludes halogenated alkanes) is 2. The second-order valence-electron chi connectivity index (χ2n) is 6.48. The number of fused-ring (bicyclic) bond motifs is 1. The number of Topliss-reactive ketones (excluding diaryl/α,β-unsaturated/α-hetero) is 1. The van der Waals surface area contributed by atoms with Crippen LogP contribution in [0.15, 0.2) is 30.1 Å². The third-order valence-corrected chi connectivity index (χ3v) is 10.4. The SMILES string of the molecule is CCCC[As](CCCC)CCCNC1=CC(=O)c2ncccc2C1=O. The van der Waals surface area contributed by atoms with Crippen LogP contribution < -0.4 is 5.32 Å². The van der Waals surface area contributed by atoms with Gasteiger partial charge in [0, 0.05) is 0 Å². The molecular weight excluding hydrogens is 375 g/mol. The molecule has 4 nitrogen and oxygen atoms in total. The molecule has 1 aliphatic rings. The number of ketones is 2. The first-order valence-electron chi connectivity index (χ1n) is 9.39. The number of hydrogen-bond donors (Lipinski definition) is 1. The molecule has 0 atom stereocenters. The van der Waals surface area contributed by atoms with Crippen molar-refractivity contribution in [3.05, 3.63) is 41.4 Å². The molecule has 0 aliphatic heterocycles. The number of carbonyl (C=O) groups excluding carboxylic acids is 2. The van der Waals surface area contributed by atoms with Gasteiger partial charge in [0.15, 0.2) is 0 Å². The van der Waals surface area contributed by atoms with Crippen molar-refractivity contribution in [1.29, 1.82) is 0 Å². The molecule has 0 spiro atoms. The molecule has 0 saturated heterocycles. The van der Waals surface area contributed by atoms with Gasteiger partial charge in [-0.25, -0.2) is 0 Å². The van der Waals surface area contributed by atoms with Gasteiger partial charge < -0.3 is 0 Å². The first-order chi connectivity index (χ1) is 12.2. The monoisotopic (exact) mass is 404 g/mol. The number of nitrogens with zero attached hydrogens (tertiary/aromatic N) is 1. The molecule has 0 bridgehead atoms. The Morgan fingerprint density at radius 1 is 1.04 bits per heavy atom. The zero-order valence-electron chi connectivity index (χ0n) is 15.4. The average molecular weight is 404 g/mol. The Balaban J connectivity index is 1.83. The fourth-order valence-corrected chi connectivity index (χ4v) is 8.83. The van der Waals surface area contributed by atoms with E-state index in [2.05, 4.69) is 24.1 Å². The van der Waals surface area contributed by atoms with Crippen LogP contribution >= 0.6 is 0 Å². The number of nitrogens with one attached hydrogen (secondary N) is 1. The maximum absolute atomic E-state index is 12.5. The van der Waals surface area contributed by atoms with Crippen molar-refractivity contribution in [2.75, 3.05) is 6.54 Å². The fourth-order valence-electron chi connectivity index (χ4n) is 2.95. The first-order valence-corrected chi connectivity index (χ1v) is 13.4. The van der Waals surface area contributed by atoms with Gasteiger partial charge in [0.1, 0.15) is 0 Å². The molecule has 0 saturated carbocycles. The second kappa shape index (κ2) is 10.6. The Labute approximate surface area is 155 Å². The third-order valence-electron chi connectivity index (χ3n) is 4.43. The number of aromatic nitrogens is 1. The summed E-state index contributed by atoms with van der Waals surface area (Å²) in [7, 11) is 0. The molecular formula is C20H29AsN2O2. The van der Waals surface area contributed by atoms with E-state index in [4.69, 9.17) is 0 Å². The fraction of sp³-hybridized carbons (Fsp3) is 0.550. The summed E-state index contributed by atoms with van der Waals surface area (Å²) in [6.45, 7) is 5.29. The third kappa shape index (κ3) is 5.81. The summed E-state index contributed by atoms with van der Waals surface area (Å²) >= 11 is -0.718. The van der Waals surface area contributed by atoms with Gasteiger partial charge in [0.05, 0.1) is 0 Å². The zero-order chi connectivity index (χ0) is 18.1. The van der Waals surface area contributed by atoms with E-state index in [0.29, 0.717) is 11.3 Å². The average Bonchev–Trinajstić information content (AvgIpc) is 2.64. The summed E-state index contributed by atoms with van der Waals surface area (Å²) in [6, 6.07) is 3.38. The molecule has 1 N–H and O–H groups in total. The van der Waals surface area contributed by atoms with E-state index >= 15 is 0 Å². The number of allylic oxidation sites excluding steroid dienone is 2. The van der Waals surface area contributed by atoms with E-state index in [9.17, 15) is 9.59 Å². The normalized spacial score (nSPS) is 13.8. The second-order valence-corrected chi connectivity index (χ2v) is 12.1.